The van der Waals surface area contributed by atoms with Crippen LogP contribution in [0.1, 0.15) is 13.8 Å². The minimum atomic E-state index is -1.25. The van der Waals surface area contributed by atoms with Crippen LogP contribution in [0.3, 0.4) is 0 Å². The van der Waals surface area contributed by atoms with Crippen LogP contribution < -0.4 is 4.74 Å². The quantitative estimate of drug-likeness (QED) is 0.217. The number of ether oxygens (including phenoxy) is 3. The van der Waals surface area contributed by atoms with Gasteiger partial charge in [0.25, 0.3) is 0 Å². The van der Waals surface area contributed by atoms with Gasteiger partial charge in [0.2, 0.25) is 5.25 Å². The number of hydrogen-bond acceptors (Lipinski definition) is 8. The number of H-pyrrole nitrogens is 1. The van der Waals surface area contributed by atoms with E-state index in [9.17, 15) is 9.59 Å². The zero-order valence-electron chi connectivity index (χ0n) is 19.0. The van der Waals surface area contributed by atoms with Gasteiger partial charge in [0.05, 0.1) is 26.0 Å². The molecule has 0 fully saturated rings. The van der Waals surface area contributed by atoms with Gasteiger partial charge < -0.3 is 19.2 Å². The molecule has 10 heteroatoms. The van der Waals surface area contributed by atoms with Gasteiger partial charge in [-0.15, -0.1) is 10.2 Å². The van der Waals surface area contributed by atoms with Crippen molar-refractivity contribution >= 4 is 34.6 Å². The average molecular weight is 481 g/mol. The Hall–Kier alpha value is -3.79. The van der Waals surface area contributed by atoms with Crippen LogP contribution in [0.5, 0.6) is 5.75 Å². The smallest absolute Gasteiger partial charge is 0.331 e. The standard InChI is InChI=1S/C24H24N4O5S/c1-4-32-22(29)20(23(30)33-5-2)34-24-27-26-21(18-14-25-19-12-7-6-11-17(18)19)28(24)15-9-8-10-16(13-15)31-3/h6-14,20,25H,4-5H2,1-3H3. The minimum absolute atomic E-state index is 0.137. The topological polar surface area (TPSA) is 108 Å². The van der Waals surface area contributed by atoms with Crippen molar-refractivity contribution in [2.75, 3.05) is 20.3 Å². The molecule has 2 aromatic carbocycles. The number of para-hydroxylation sites is 1. The molecule has 0 bridgehead atoms. The predicted molar refractivity (Wildman–Crippen MR) is 128 cm³/mol. The van der Waals surface area contributed by atoms with Gasteiger partial charge in [0.15, 0.2) is 11.0 Å². The van der Waals surface area contributed by atoms with E-state index >= 15 is 0 Å². The predicted octanol–water partition coefficient (Wildman–Crippen LogP) is 4.01. The Labute approximate surface area is 200 Å². The lowest BCUT2D eigenvalue weighted by atomic mass is 10.1. The first-order chi connectivity index (χ1) is 16.6. The van der Waals surface area contributed by atoms with E-state index in [1.165, 1.54) is 0 Å². The van der Waals surface area contributed by atoms with Gasteiger partial charge in [-0.1, -0.05) is 36.0 Å². The third-order valence-electron chi connectivity index (χ3n) is 5.00. The number of fused-ring (bicyclic) bond motifs is 1. The summed E-state index contributed by atoms with van der Waals surface area (Å²) in [6, 6.07) is 15.2. The summed E-state index contributed by atoms with van der Waals surface area (Å²) in [4.78, 5) is 28.4. The monoisotopic (exact) mass is 480 g/mol. The van der Waals surface area contributed by atoms with Crippen LogP contribution in [0.2, 0.25) is 0 Å². The maximum Gasteiger partial charge on any atom is 0.331 e. The highest BCUT2D eigenvalue weighted by atomic mass is 32.2. The number of esters is 2. The van der Waals surface area contributed by atoms with Crippen LogP contribution in [0.15, 0.2) is 59.9 Å². The second kappa shape index (κ2) is 10.4. The van der Waals surface area contributed by atoms with E-state index in [1.54, 1.807) is 25.5 Å². The summed E-state index contributed by atoms with van der Waals surface area (Å²) in [5, 5.41) is 8.82. The molecule has 0 aliphatic carbocycles. The molecule has 0 unspecified atom stereocenters. The molecule has 4 rings (SSSR count). The van der Waals surface area contributed by atoms with E-state index in [0.29, 0.717) is 22.4 Å². The highest BCUT2D eigenvalue weighted by molar-refractivity contribution is 8.01. The third-order valence-corrected chi connectivity index (χ3v) is 6.10. The lowest BCUT2D eigenvalue weighted by molar-refractivity contribution is -0.152. The minimum Gasteiger partial charge on any atom is -0.497 e. The molecule has 0 aliphatic rings. The first-order valence-electron chi connectivity index (χ1n) is 10.7. The van der Waals surface area contributed by atoms with Gasteiger partial charge in [-0.2, -0.15) is 0 Å². The van der Waals surface area contributed by atoms with Crippen LogP contribution in [-0.4, -0.2) is 57.3 Å². The summed E-state index contributed by atoms with van der Waals surface area (Å²) in [5.74, 6) is -0.210. The lowest BCUT2D eigenvalue weighted by Gasteiger charge is -2.15. The summed E-state index contributed by atoms with van der Waals surface area (Å²) in [6.45, 7) is 3.63. The van der Waals surface area contributed by atoms with Crippen molar-refractivity contribution in [3.05, 3.63) is 54.7 Å². The fourth-order valence-corrected chi connectivity index (χ4v) is 4.42. The molecule has 34 heavy (non-hydrogen) atoms. The number of rotatable bonds is 9. The summed E-state index contributed by atoms with van der Waals surface area (Å²) in [7, 11) is 1.58. The van der Waals surface area contributed by atoms with E-state index in [-0.39, 0.29) is 13.2 Å². The molecule has 0 atom stereocenters. The van der Waals surface area contributed by atoms with Crippen molar-refractivity contribution in [1.29, 1.82) is 0 Å². The second-order valence-corrected chi connectivity index (χ2v) is 8.17. The molecule has 0 aliphatic heterocycles. The number of methoxy groups -OCH3 is 1. The third kappa shape index (κ3) is 4.62. The van der Waals surface area contributed by atoms with Crippen LogP contribution in [0.4, 0.5) is 0 Å². The van der Waals surface area contributed by atoms with Crippen LogP contribution in [0, 0.1) is 0 Å². The molecule has 2 heterocycles. The normalized spacial score (nSPS) is 11.1. The number of carbonyl (C=O) groups is 2. The molecule has 4 aromatic rings. The van der Waals surface area contributed by atoms with Crippen molar-refractivity contribution in [2.24, 2.45) is 0 Å². The van der Waals surface area contributed by atoms with Gasteiger partial charge in [-0.25, -0.2) is 0 Å². The van der Waals surface area contributed by atoms with Crippen LogP contribution >= 0.6 is 11.8 Å². The first kappa shape index (κ1) is 23.4. The lowest BCUT2D eigenvalue weighted by Crippen LogP contribution is -2.31. The van der Waals surface area contributed by atoms with E-state index < -0.39 is 17.2 Å². The Bertz CT molecular complexity index is 1300. The van der Waals surface area contributed by atoms with E-state index in [1.807, 2.05) is 54.7 Å². The fourth-order valence-electron chi connectivity index (χ4n) is 3.49. The van der Waals surface area contributed by atoms with Gasteiger partial charge in [-0.05, 0) is 32.0 Å². The van der Waals surface area contributed by atoms with Crippen molar-refractivity contribution in [1.82, 2.24) is 19.7 Å². The molecule has 2 aromatic heterocycles. The number of nitrogens with zero attached hydrogens (tertiary/aromatic N) is 3. The molecule has 0 amide bonds. The van der Waals surface area contributed by atoms with Crippen molar-refractivity contribution in [3.63, 3.8) is 0 Å². The molecule has 9 nitrogen and oxygen atoms in total. The summed E-state index contributed by atoms with van der Waals surface area (Å²) in [5.41, 5.74) is 2.48. The summed E-state index contributed by atoms with van der Waals surface area (Å²) >= 11 is 0.932. The Balaban J connectivity index is 1.86. The van der Waals surface area contributed by atoms with E-state index in [2.05, 4.69) is 15.2 Å². The highest BCUT2D eigenvalue weighted by Gasteiger charge is 2.34. The van der Waals surface area contributed by atoms with Crippen molar-refractivity contribution in [2.45, 2.75) is 24.3 Å². The number of hydrogen-bond donors (Lipinski definition) is 1. The van der Waals surface area contributed by atoms with Gasteiger partial charge in [0.1, 0.15) is 5.75 Å². The summed E-state index contributed by atoms with van der Waals surface area (Å²) in [6.07, 6.45) is 1.86. The first-order valence-corrected chi connectivity index (χ1v) is 11.6. The Morgan fingerprint density at radius 3 is 2.47 bits per heavy atom. The molecule has 176 valence electrons. The van der Waals surface area contributed by atoms with Crippen molar-refractivity contribution in [3.8, 4) is 22.8 Å². The Morgan fingerprint density at radius 2 is 1.76 bits per heavy atom. The second-order valence-electron chi connectivity index (χ2n) is 7.09. The maximum atomic E-state index is 12.6. The number of aromatic nitrogens is 4. The van der Waals surface area contributed by atoms with Crippen LogP contribution in [-0.2, 0) is 19.1 Å². The van der Waals surface area contributed by atoms with E-state index in [4.69, 9.17) is 14.2 Å². The van der Waals surface area contributed by atoms with Gasteiger partial charge >= 0.3 is 11.9 Å². The zero-order valence-corrected chi connectivity index (χ0v) is 19.8. The van der Waals surface area contributed by atoms with Gasteiger partial charge in [0, 0.05) is 28.7 Å². The Kier molecular flexibility index (Phi) is 7.17. The Morgan fingerprint density at radius 1 is 1.03 bits per heavy atom. The zero-order chi connectivity index (χ0) is 24.1. The highest BCUT2D eigenvalue weighted by Crippen LogP contribution is 2.35. The molecular formula is C24H24N4O5S. The molecule has 0 spiro atoms. The largest absolute Gasteiger partial charge is 0.497 e. The average Bonchev–Trinajstić information content (AvgIpc) is 3.46. The molecule has 0 saturated carbocycles. The fraction of sp³-hybridized carbons (Fsp3) is 0.250. The molecule has 1 N–H and O–H groups in total. The SMILES string of the molecule is CCOC(=O)C(Sc1nnc(-c2c[nH]c3ccccc23)n1-c1cccc(OC)c1)C(=O)OCC. The molecular weight excluding hydrogens is 456 g/mol. The van der Waals surface area contributed by atoms with Crippen LogP contribution in [0.25, 0.3) is 28.0 Å². The summed E-state index contributed by atoms with van der Waals surface area (Å²) < 4.78 is 17.4. The van der Waals surface area contributed by atoms with E-state index in [0.717, 1.165) is 28.2 Å². The van der Waals surface area contributed by atoms with Crippen molar-refractivity contribution < 1.29 is 23.8 Å². The number of carbonyl (C=O) groups excluding carboxylic acids is 2. The number of aromatic amines is 1. The maximum absolute atomic E-state index is 12.6. The molecule has 0 radical (unpaired) electrons. The number of thioether (sulfide) groups is 1. The number of benzene rings is 2. The number of nitrogens with one attached hydrogen (secondary N) is 1. The molecule has 0 saturated heterocycles. The van der Waals surface area contributed by atoms with Gasteiger partial charge in [-0.3, -0.25) is 14.2 Å².